The highest BCUT2D eigenvalue weighted by molar-refractivity contribution is 6.12. The van der Waals surface area contributed by atoms with Crippen LogP contribution in [0.25, 0.3) is 27.7 Å². The van der Waals surface area contributed by atoms with Gasteiger partial charge in [-0.3, -0.25) is 14.7 Å². The van der Waals surface area contributed by atoms with Crippen LogP contribution < -0.4 is 0 Å². The molecule has 0 atom stereocenters. The fourth-order valence-corrected chi connectivity index (χ4v) is 2.90. The summed E-state index contributed by atoms with van der Waals surface area (Å²) in [5, 5.41) is 13.3. The molecule has 0 radical (unpaired) electrons. The van der Waals surface area contributed by atoms with Gasteiger partial charge in [0.1, 0.15) is 12.1 Å². The molecule has 0 saturated carbocycles. The highest BCUT2D eigenvalue weighted by atomic mass is 16.6. The zero-order valence-corrected chi connectivity index (χ0v) is 11.6. The van der Waals surface area contributed by atoms with E-state index in [1.54, 1.807) is 6.07 Å². The Morgan fingerprint density at radius 1 is 1.09 bits per heavy atom. The standard InChI is InChI=1S/C17H12N2O3/c20-19(21)15-9-5-7-13-12-6-1-2-8-14(12)18(17(13)15)16-10-3-4-11-22-16/h1-10H,11H2. The molecule has 0 saturated heterocycles. The topological polar surface area (TPSA) is 57.3 Å². The summed E-state index contributed by atoms with van der Waals surface area (Å²) in [5.41, 5.74) is 1.54. The maximum absolute atomic E-state index is 11.4. The monoisotopic (exact) mass is 292 g/mol. The normalized spacial score (nSPS) is 14.1. The average Bonchev–Trinajstić information content (AvgIpc) is 2.90. The Morgan fingerprint density at radius 3 is 2.68 bits per heavy atom. The summed E-state index contributed by atoms with van der Waals surface area (Å²) in [6, 6.07) is 12.9. The number of ether oxygens (including phenoxy) is 1. The number of allylic oxidation sites excluding steroid dienone is 2. The van der Waals surface area contributed by atoms with Crippen molar-refractivity contribution < 1.29 is 9.66 Å². The second-order valence-electron chi connectivity index (χ2n) is 5.03. The van der Waals surface area contributed by atoms with Gasteiger partial charge in [0.05, 0.1) is 10.4 Å². The van der Waals surface area contributed by atoms with E-state index in [9.17, 15) is 10.1 Å². The molecule has 5 heteroatoms. The van der Waals surface area contributed by atoms with Gasteiger partial charge in [-0.15, -0.1) is 0 Å². The Bertz CT molecular complexity index is 967. The van der Waals surface area contributed by atoms with Crippen LogP contribution in [0.2, 0.25) is 0 Å². The van der Waals surface area contributed by atoms with E-state index in [0.29, 0.717) is 18.0 Å². The van der Waals surface area contributed by atoms with Gasteiger partial charge < -0.3 is 4.74 Å². The lowest BCUT2D eigenvalue weighted by atomic mass is 10.1. The van der Waals surface area contributed by atoms with Gasteiger partial charge in [-0.2, -0.15) is 0 Å². The molecule has 3 aromatic rings. The highest BCUT2D eigenvalue weighted by Gasteiger charge is 2.22. The number of nitrogens with zero attached hydrogens (tertiary/aromatic N) is 2. The molecule has 2 aromatic carbocycles. The molecule has 2 heterocycles. The summed E-state index contributed by atoms with van der Waals surface area (Å²) in [6.07, 6.45) is 5.62. The number of rotatable bonds is 2. The molecule has 0 bridgehead atoms. The molecule has 0 aliphatic carbocycles. The number of para-hydroxylation sites is 2. The van der Waals surface area contributed by atoms with Crippen LogP contribution in [0.15, 0.2) is 60.7 Å². The van der Waals surface area contributed by atoms with Crippen LogP contribution in [0.1, 0.15) is 0 Å². The molecule has 0 fully saturated rings. The number of non-ortho nitro benzene ring substituents is 1. The summed E-state index contributed by atoms with van der Waals surface area (Å²) in [7, 11) is 0. The van der Waals surface area contributed by atoms with Crippen molar-refractivity contribution in [1.29, 1.82) is 0 Å². The van der Waals surface area contributed by atoms with Crippen molar-refractivity contribution in [2.75, 3.05) is 6.61 Å². The lowest BCUT2D eigenvalue weighted by molar-refractivity contribution is -0.383. The number of nitro groups is 1. The number of benzene rings is 2. The molecule has 5 nitrogen and oxygen atoms in total. The molecule has 1 aromatic heterocycles. The molecule has 1 aliphatic heterocycles. The molecule has 0 spiro atoms. The predicted molar refractivity (Wildman–Crippen MR) is 85.5 cm³/mol. The SMILES string of the molecule is O=[N+]([O-])c1cccc2c3ccccc3n(C3=CC=CCO3)c12. The molecule has 0 unspecified atom stereocenters. The van der Waals surface area contributed by atoms with Crippen LogP contribution in [0, 0.1) is 10.1 Å². The van der Waals surface area contributed by atoms with E-state index in [0.717, 1.165) is 16.3 Å². The number of hydrogen-bond acceptors (Lipinski definition) is 3. The minimum Gasteiger partial charge on any atom is -0.474 e. The summed E-state index contributed by atoms with van der Waals surface area (Å²) in [4.78, 5) is 11.1. The van der Waals surface area contributed by atoms with Crippen LogP contribution in [0.4, 0.5) is 5.69 Å². The Kier molecular flexibility index (Phi) is 2.72. The maximum atomic E-state index is 11.4. The van der Waals surface area contributed by atoms with Crippen LogP contribution in [-0.4, -0.2) is 16.1 Å². The van der Waals surface area contributed by atoms with Crippen molar-refractivity contribution in [3.8, 4) is 0 Å². The molecular weight excluding hydrogens is 280 g/mol. The summed E-state index contributed by atoms with van der Waals surface area (Å²) in [5.74, 6) is 0.600. The van der Waals surface area contributed by atoms with E-state index >= 15 is 0 Å². The van der Waals surface area contributed by atoms with Crippen LogP contribution >= 0.6 is 0 Å². The van der Waals surface area contributed by atoms with Gasteiger partial charge in [0.25, 0.3) is 5.69 Å². The third-order valence-corrected chi connectivity index (χ3v) is 3.79. The third-order valence-electron chi connectivity index (χ3n) is 3.79. The fourth-order valence-electron chi connectivity index (χ4n) is 2.90. The number of hydrogen-bond donors (Lipinski definition) is 0. The van der Waals surface area contributed by atoms with Gasteiger partial charge in [-0.05, 0) is 18.2 Å². The zero-order chi connectivity index (χ0) is 15.1. The smallest absolute Gasteiger partial charge is 0.293 e. The van der Waals surface area contributed by atoms with Gasteiger partial charge in [0.2, 0.25) is 0 Å². The molecule has 0 N–H and O–H groups in total. The lowest BCUT2D eigenvalue weighted by Crippen LogP contribution is -2.05. The molecule has 108 valence electrons. The molecule has 22 heavy (non-hydrogen) atoms. The number of nitro benzene ring substituents is 1. The van der Waals surface area contributed by atoms with Crippen LogP contribution in [0.5, 0.6) is 0 Å². The number of fused-ring (bicyclic) bond motifs is 3. The first kappa shape index (κ1) is 12.6. The summed E-state index contributed by atoms with van der Waals surface area (Å²) < 4.78 is 7.51. The van der Waals surface area contributed by atoms with E-state index in [-0.39, 0.29) is 10.6 Å². The first-order valence-corrected chi connectivity index (χ1v) is 6.94. The lowest BCUT2D eigenvalue weighted by Gasteiger charge is -2.14. The van der Waals surface area contributed by atoms with Gasteiger partial charge in [0.15, 0.2) is 5.88 Å². The zero-order valence-electron chi connectivity index (χ0n) is 11.6. The maximum Gasteiger partial charge on any atom is 0.293 e. The van der Waals surface area contributed by atoms with Gasteiger partial charge in [-0.1, -0.05) is 36.4 Å². The van der Waals surface area contributed by atoms with Gasteiger partial charge in [0, 0.05) is 16.8 Å². The Balaban J connectivity index is 2.21. The number of aromatic nitrogens is 1. The Hall–Kier alpha value is -3.08. The van der Waals surface area contributed by atoms with Crippen molar-refractivity contribution in [1.82, 2.24) is 4.57 Å². The average molecular weight is 292 g/mol. The van der Waals surface area contributed by atoms with Crippen molar-refractivity contribution >= 4 is 33.4 Å². The second-order valence-corrected chi connectivity index (χ2v) is 5.03. The quantitative estimate of drug-likeness (QED) is 0.528. The van der Waals surface area contributed by atoms with Crippen molar-refractivity contribution in [2.24, 2.45) is 0 Å². The van der Waals surface area contributed by atoms with E-state index < -0.39 is 0 Å². The van der Waals surface area contributed by atoms with E-state index in [1.807, 2.05) is 53.1 Å². The second kappa shape index (κ2) is 4.73. The minimum absolute atomic E-state index is 0.0766. The Labute approximate surface area is 125 Å². The van der Waals surface area contributed by atoms with Crippen molar-refractivity contribution in [3.05, 3.63) is 70.8 Å². The Morgan fingerprint density at radius 2 is 1.91 bits per heavy atom. The predicted octanol–water partition coefficient (Wildman–Crippen LogP) is 4.09. The summed E-state index contributed by atoms with van der Waals surface area (Å²) in [6.45, 7) is 0.459. The van der Waals surface area contributed by atoms with Gasteiger partial charge in [-0.25, -0.2) is 0 Å². The third kappa shape index (κ3) is 1.72. The van der Waals surface area contributed by atoms with Gasteiger partial charge >= 0.3 is 0 Å². The fraction of sp³-hybridized carbons (Fsp3) is 0.0588. The molecule has 0 amide bonds. The van der Waals surface area contributed by atoms with Crippen LogP contribution in [-0.2, 0) is 4.74 Å². The summed E-state index contributed by atoms with van der Waals surface area (Å²) >= 11 is 0. The molecule has 4 rings (SSSR count). The van der Waals surface area contributed by atoms with Crippen molar-refractivity contribution in [2.45, 2.75) is 0 Å². The minimum atomic E-state index is -0.350. The highest BCUT2D eigenvalue weighted by Crippen LogP contribution is 2.37. The van der Waals surface area contributed by atoms with E-state index in [1.165, 1.54) is 6.07 Å². The van der Waals surface area contributed by atoms with Crippen LogP contribution in [0.3, 0.4) is 0 Å². The van der Waals surface area contributed by atoms with E-state index in [2.05, 4.69) is 0 Å². The largest absolute Gasteiger partial charge is 0.474 e. The molecule has 1 aliphatic rings. The first-order valence-electron chi connectivity index (χ1n) is 6.94. The first-order chi connectivity index (χ1) is 10.8. The van der Waals surface area contributed by atoms with Crippen molar-refractivity contribution in [3.63, 3.8) is 0 Å². The van der Waals surface area contributed by atoms with E-state index in [4.69, 9.17) is 4.74 Å². The molecular formula is C17H12N2O3.